The minimum atomic E-state index is 1.21. The molecule has 0 unspecified atom stereocenters. The lowest BCUT2D eigenvalue weighted by Crippen LogP contribution is -1.89. The fourth-order valence-electron chi connectivity index (χ4n) is 3.79. The topological polar surface area (TPSA) is 9.86 Å². The van der Waals surface area contributed by atoms with Crippen LogP contribution in [0.5, 0.6) is 0 Å². The number of hydrogen-bond acceptors (Lipinski definition) is 0. The third kappa shape index (κ3) is 11.2. The van der Waals surface area contributed by atoms with Gasteiger partial charge in [-0.15, -0.1) is 5.73 Å². The second-order valence-corrected chi connectivity index (χ2v) is 7.41. The first-order valence-electron chi connectivity index (χ1n) is 14.8. The van der Waals surface area contributed by atoms with Crippen molar-refractivity contribution >= 4 is 21.8 Å². The zero-order chi connectivity index (χ0) is 30.9. The predicted molar refractivity (Wildman–Crippen MR) is 187 cm³/mol. The first-order chi connectivity index (χ1) is 20.3. The molecule has 41 heavy (non-hydrogen) atoms. The zero-order valence-electron chi connectivity index (χ0n) is 26.5. The van der Waals surface area contributed by atoms with Crippen LogP contribution in [0.3, 0.4) is 0 Å². The predicted octanol–water partition coefficient (Wildman–Crippen LogP) is 12.3. The number of para-hydroxylation sites is 4. The van der Waals surface area contributed by atoms with E-state index in [1.807, 2.05) is 67.5 Å². The van der Waals surface area contributed by atoms with Gasteiger partial charge in [-0.3, -0.25) is 0 Å². The fraction of sp³-hybridized carbons (Fsp3) is 0.205. The molecule has 0 aliphatic rings. The van der Waals surface area contributed by atoms with E-state index >= 15 is 0 Å². The summed E-state index contributed by atoms with van der Waals surface area (Å²) in [7, 11) is 0. The standard InChI is InChI=1S/2C14H11N.C3H4.4C2H6/c2*1-2-7-13(8-3-1)15-11-10-12-6-4-5-9-14(12)15;1-3-2;4*1-2/h2*1-11H;1-2H2;4*1-2H3. The Kier molecular flexibility index (Phi) is 20.8. The van der Waals surface area contributed by atoms with E-state index in [9.17, 15) is 0 Å². The van der Waals surface area contributed by atoms with E-state index in [-0.39, 0.29) is 0 Å². The number of fused-ring (bicyclic) bond motifs is 2. The van der Waals surface area contributed by atoms with Crippen LogP contribution >= 0.6 is 0 Å². The van der Waals surface area contributed by atoms with Gasteiger partial charge in [-0.25, -0.2) is 0 Å². The molecule has 0 fully saturated rings. The number of rotatable bonds is 2. The van der Waals surface area contributed by atoms with Crippen molar-refractivity contribution < 1.29 is 0 Å². The Bertz CT molecular complexity index is 1360. The maximum atomic E-state index is 3.12. The molecule has 0 saturated heterocycles. The molecule has 216 valence electrons. The molecular formula is C39H50N2. The van der Waals surface area contributed by atoms with Gasteiger partial charge in [0.15, 0.2) is 0 Å². The van der Waals surface area contributed by atoms with Crippen molar-refractivity contribution in [3.8, 4) is 11.4 Å². The van der Waals surface area contributed by atoms with Crippen LogP contribution in [0.4, 0.5) is 0 Å². The van der Waals surface area contributed by atoms with Crippen LogP contribution in [0.1, 0.15) is 55.4 Å². The number of aromatic nitrogens is 2. The van der Waals surface area contributed by atoms with Gasteiger partial charge in [0.05, 0.1) is 11.0 Å². The van der Waals surface area contributed by atoms with Gasteiger partial charge in [0, 0.05) is 23.8 Å². The molecule has 0 spiro atoms. The highest BCUT2D eigenvalue weighted by Crippen LogP contribution is 2.20. The van der Waals surface area contributed by atoms with Crippen molar-refractivity contribution in [3.63, 3.8) is 0 Å². The van der Waals surface area contributed by atoms with Gasteiger partial charge in [0.25, 0.3) is 0 Å². The van der Waals surface area contributed by atoms with Gasteiger partial charge in [-0.05, 0) is 59.3 Å². The van der Waals surface area contributed by atoms with Crippen LogP contribution in [0.15, 0.2) is 153 Å². The fourth-order valence-corrected chi connectivity index (χ4v) is 3.79. The minimum Gasteiger partial charge on any atom is -0.317 e. The van der Waals surface area contributed by atoms with E-state index in [4.69, 9.17) is 0 Å². The maximum Gasteiger partial charge on any atom is 0.0528 e. The van der Waals surface area contributed by atoms with E-state index in [2.05, 4.69) is 150 Å². The Morgan fingerprint density at radius 2 is 0.659 bits per heavy atom. The van der Waals surface area contributed by atoms with E-state index in [1.54, 1.807) is 0 Å². The van der Waals surface area contributed by atoms with Crippen molar-refractivity contribution in [1.29, 1.82) is 0 Å². The lowest BCUT2D eigenvalue weighted by Gasteiger charge is -2.04. The van der Waals surface area contributed by atoms with Gasteiger partial charge in [0.2, 0.25) is 0 Å². The molecule has 0 atom stereocenters. The number of hydrogen-bond donors (Lipinski definition) is 0. The van der Waals surface area contributed by atoms with Crippen molar-refractivity contribution in [1.82, 2.24) is 9.13 Å². The van der Waals surface area contributed by atoms with E-state index in [0.29, 0.717) is 0 Å². The van der Waals surface area contributed by atoms with Crippen molar-refractivity contribution in [2.75, 3.05) is 0 Å². The van der Waals surface area contributed by atoms with Crippen LogP contribution in [0.25, 0.3) is 33.2 Å². The van der Waals surface area contributed by atoms with Crippen LogP contribution in [0, 0.1) is 0 Å². The molecule has 0 aliphatic heterocycles. The summed E-state index contributed by atoms with van der Waals surface area (Å²) in [5, 5.41) is 2.56. The smallest absolute Gasteiger partial charge is 0.0528 e. The van der Waals surface area contributed by atoms with Gasteiger partial charge >= 0.3 is 0 Å². The van der Waals surface area contributed by atoms with Gasteiger partial charge < -0.3 is 9.13 Å². The molecule has 4 aromatic carbocycles. The monoisotopic (exact) mass is 546 g/mol. The summed E-state index contributed by atoms with van der Waals surface area (Å²) >= 11 is 0. The lowest BCUT2D eigenvalue weighted by molar-refractivity contribution is 1.13. The Morgan fingerprint density at radius 1 is 0.390 bits per heavy atom. The van der Waals surface area contributed by atoms with E-state index in [0.717, 1.165) is 0 Å². The molecule has 2 nitrogen and oxygen atoms in total. The highest BCUT2D eigenvalue weighted by molar-refractivity contribution is 5.82. The average molecular weight is 547 g/mol. The number of benzene rings is 4. The molecule has 0 bridgehead atoms. The SMILES string of the molecule is C=C=C.CC.CC.CC.CC.c1ccc(-n2ccc3ccccc32)cc1.c1ccc(-n2ccc3ccccc32)cc1. The van der Waals surface area contributed by atoms with Crippen molar-refractivity contribution in [2.24, 2.45) is 0 Å². The van der Waals surface area contributed by atoms with Gasteiger partial charge in [-0.1, -0.05) is 141 Å². The van der Waals surface area contributed by atoms with Crippen LogP contribution in [0.2, 0.25) is 0 Å². The third-order valence-corrected chi connectivity index (χ3v) is 5.27. The van der Waals surface area contributed by atoms with Crippen molar-refractivity contribution in [3.05, 3.63) is 153 Å². The Hall–Kier alpha value is -4.52. The summed E-state index contributed by atoms with van der Waals surface area (Å²) in [6.07, 6.45) is 4.22. The Labute approximate surface area is 249 Å². The summed E-state index contributed by atoms with van der Waals surface area (Å²) in [4.78, 5) is 0. The van der Waals surface area contributed by atoms with Crippen LogP contribution < -0.4 is 0 Å². The molecule has 6 rings (SSSR count). The first kappa shape index (κ1) is 36.5. The van der Waals surface area contributed by atoms with Gasteiger partial charge in [-0.2, -0.15) is 0 Å². The molecule has 0 aliphatic carbocycles. The second-order valence-electron chi connectivity index (χ2n) is 7.41. The lowest BCUT2D eigenvalue weighted by atomic mass is 10.2. The van der Waals surface area contributed by atoms with Gasteiger partial charge in [0.1, 0.15) is 0 Å². The number of nitrogens with zero attached hydrogens (tertiary/aromatic N) is 2. The first-order valence-corrected chi connectivity index (χ1v) is 14.8. The maximum absolute atomic E-state index is 3.12. The van der Waals surface area contributed by atoms with E-state index in [1.165, 1.54) is 33.2 Å². The van der Waals surface area contributed by atoms with E-state index < -0.39 is 0 Å². The molecule has 6 aromatic rings. The normalized spacial score (nSPS) is 8.59. The molecule has 0 radical (unpaired) electrons. The molecule has 0 N–H and O–H groups in total. The minimum absolute atomic E-state index is 1.21. The molecule has 0 amide bonds. The summed E-state index contributed by atoms with van der Waals surface area (Å²) in [5.41, 5.74) is 7.17. The van der Waals surface area contributed by atoms with Crippen LogP contribution in [-0.4, -0.2) is 9.13 Å². The molecule has 2 heterocycles. The van der Waals surface area contributed by atoms with Crippen LogP contribution in [-0.2, 0) is 0 Å². The quantitative estimate of drug-likeness (QED) is 0.191. The largest absolute Gasteiger partial charge is 0.317 e. The second kappa shape index (κ2) is 23.4. The zero-order valence-corrected chi connectivity index (χ0v) is 26.5. The van der Waals surface area contributed by atoms with Crippen molar-refractivity contribution in [2.45, 2.75) is 55.4 Å². The summed E-state index contributed by atoms with van der Waals surface area (Å²) in [6, 6.07) is 41.9. The summed E-state index contributed by atoms with van der Waals surface area (Å²) in [5.74, 6) is 0. The molecule has 0 saturated carbocycles. The highest BCUT2D eigenvalue weighted by Gasteiger charge is 2.01. The summed E-state index contributed by atoms with van der Waals surface area (Å²) < 4.78 is 4.41. The Balaban J connectivity index is 0.000000585. The molecule has 2 heteroatoms. The average Bonchev–Trinajstić information content (AvgIpc) is 3.71. The third-order valence-electron chi connectivity index (χ3n) is 5.27. The summed E-state index contributed by atoms with van der Waals surface area (Å²) in [6.45, 7) is 22.2. The molecular weight excluding hydrogens is 496 g/mol. The highest BCUT2D eigenvalue weighted by atomic mass is 15.0. The Morgan fingerprint density at radius 3 is 0.976 bits per heavy atom. The molecule has 2 aromatic heterocycles.